The number of carbonyl (C=O) groups excluding carboxylic acids is 1. The average Bonchev–Trinajstić information content (AvgIpc) is 3.43. The average molecular weight is 405 g/mol. The fraction of sp³-hybridized carbons (Fsp3) is 0.286. The summed E-state index contributed by atoms with van der Waals surface area (Å²) in [4.78, 5) is 15.3. The Morgan fingerprint density at radius 3 is 2.64 bits per heavy atom. The first kappa shape index (κ1) is 19.0. The van der Waals surface area contributed by atoms with Crippen molar-refractivity contribution < 1.29 is 22.7 Å². The molecule has 1 aromatic heterocycles. The third-order valence-corrected chi connectivity index (χ3v) is 6.04. The molecule has 0 aliphatic heterocycles. The van der Waals surface area contributed by atoms with E-state index in [0.29, 0.717) is 20.5 Å². The summed E-state index contributed by atoms with van der Waals surface area (Å²) in [6.07, 6.45) is 1.65. The molecule has 3 aromatic rings. The molecule has 1 aliphatic carbocycles. The molecule has 1 fully saturated rings. The van der Waals surface area contributed by atoms with Crippen LogP contribution in [0.15, 0.2) is 36.4 Å². The van der Waals surface area contributed by atoms with Gasteiger partial charge in [0.05, 0.1) is 11.5 Å². The molecular formula is C21H18F3NO2S. The molecule has 0 bridgehead atoms. The Morgan fingerprint density at radius 2 is 1.96 bits per heavy atom. The van der Waals surface area contributed by atoms with Crippen molar-refractivity contribution in [3.8, 4) is 0 Å². The Bertz CT molecular complexity index is 1050. The van der Waals surface area contributed by atoms with Crippen LogP contribution in [-0.4, -0.2) is 24.0 Å². The van der Waals surface area contributed by atoms with Gasteiger partial charge in [-0.3, -0.25) is 4.79 Å². The van der Waals surface area contributed by atoms with Crippen LogP contribution in [0.5, 0.6) is 0 Å². The number of hydrogen-bond donors (Lipinski definition) is 0. The molecule has 0 saturated heterocycles. The number of methoxy groups -OCH3 is 1. The largest absolute Gasteiger partial charge is 0.380 e. The van der Waals surface area contributed by atoms with Crippen LogP contribution in [0.1, 0.15) is 33.6 Å². The van der Waals surface area contributed by atoms with Gasteiger partial charge in [-0.25, -0.2) is 13.2 Å². The molecule has 1 amide bonds. The van der Waals surface area contributed by atoms with Crippen LogP contribution in [0.3, 0.4) is 0 Å². The SMILES string of the molecule is COCc1c(C(=O)N(Cc2ccc(F)cc2F)C2CC2)sc2cccc(F)c12. The van der Waals surface area contributed by atoms with E-state index in [9.17, 15) is 18.0 Å². The lowest BCUT2D eigenvalue weighted by molar-refractivity contribution is 0.0729. The molecule has 1 saturated carbocycles. The highest BCUT2D eigenvalue weighted by Gasteiger charge is 2.35. The van der Waals surface area contributed by atoms with Crippen LogP contribution in [0.25, 0.3) is 10.1 Å². The van der Waals surface area contributed by atoms with Crippen molar-refractivity contribution in [1.82, 2.24) is 4.90 Å². The lowest BCUT2D eigenvalue weighted by Crippen LogP contribution is -2.33. The number of halogens is 3. The van der Waals surface area contributed by atoms with Crippen LogP contribution in [-0.2, 0) is 17.9 Å². The summed E-state index contributed by atoms with van der Waals surface area (Å²) < 4.78 is 47.6. The van der Waals surface area contributed by atoms with Crippen molar-refractivity contribution >= 4 is 27.3 Å². The Morgan fingerprint density at radius 1 is 1.18 bits per heavy atom. The fourth-order valence-corrected chi connectivity index (χ4v) is 4.52. The number of rotatable bonds is 6. The van der Waals surface area contributed by atoms with Gasteiger partial charge < -0.3 is 9.64 Å². The van der Waals surface area contributed by atoms with Gasteiger partial charge >= 0.3 is 0 Å². The summed E-state index contributed by atoms with van der Waals surface area (Å²) >= 11 is 1.21. The first-order valence-electron chi connectivity index (χ1n) is 8.93. The molecule has 146 valence electrons. The van der Waals surface area contributed by atoms with E-state index in [1.54, 1.807) is 17.0 Å². The standard InChI is InChI=1S/C21H18F3NO2S/c1-27-11-15-19-16(23)3-2-4-18(19)28-20(15)21(26)25(14-7-8-14)10-12-5-6-13(22)9-17(12)24/h2-6,9,14H,7-8,10-11H2,1H3. The molecule has 0 spiro atoms. The first-order chi connectivity index (χ1) is 13.5. The maximum atomic E-state index is 14.4. The summed E-state index contributed by atoms with van der Waals surface area (Å²) in [7, 11) is 1.49. The van der Waals surface area contributed by atoms with Crippen molar-refractivity contribution in [3.63, 3.8) is 0 Å². The van der Waals surface area contributed by atoms with Gasteiger partial charge in [-0.05, 0) is 31.0 Å². The number of amides is 1. The smallest absolute Gasteiger partial charge is 0.264 e. The number of hydrogen-bond acceptors (Lipinski definition) is 3. The van der Waals surface area contributed by atoms with Gasteiger partial charge in [0, 0.05) is 47.0 Å². The highest BCUT2D eigenvalue weighted by molar-refractivity contribution is 7.21. The van der Waals surface area contributed by atoms with E-state index < -0.39 is 17.5 Å². The summed E-state index contributed by atoms with van der Waals surface area (Å²) in [5.74, 6) is -2.02. The summed E-state index contributed by atoms with van der Waals surface area (Å²) in [5, 5.41) is 0.390. The quantitative estimate of drug-likeness (QED) is 0.559. The first-order valence-corrected chi connectivity index (χ1v) is 9.75. The second-order valence-electron chi connectivity index (χ2n) is 6.86. The maximum absolute atomic E-state index is 14.4. The molecule has 1 heterocycles. The van der Waals surface area contributed by atoms with E-state index in [4.69, 9.17) is 4.74 Å². The second kappa shape index (κ2) is 7.56. The number of ether oxygens (including phenoxy) is 1. The highest BCUT2D eigenvalue weighted by Crippen LogP contribution is 2.37. The van der Waals surface area contributed by atoms with E-state index in [2.05, 4.69) is 0 Å². The lowest BCUT2D eigenvalue weighted by atomic mass is 10.1. The van der Waals surface area contributed by atoms with Crippen LogP contribution in [0.2, 0.25) is 0 Å². The Hall–Kier alpha value is -2.38. The predicted molar refractivity (Wildman–Crippen MR) is 102 cm³/mol. The zero-order valence-electron chi connectivity index (χ0n) is 15.2. The Labute approximate surface area is 164 Å². The van der Waals surface area contributed by atoms with E-state index in [1.807, 2.05) is 0 Å². The van der Waals surface area contributed by atoms with Crippen LogP contribution < -0.4 is 0 Å². The molecule has 0 atom stereocenters. The van der Waals surface area contributed by atoms with Crippen molar-refractivity contribution in [1.29, 1.82) is 0 Å². The van der Waals surface area contributed by atoms with Crippen LogP contribution in [0, 0.1) is 17.5 Å². The normalized spacial score (nSPS) is 13.9. The minimum absolute atomic E-state index is 0.00223. The molecule has 2 aromatic carbocycles. The third kappa shape index (κ3) is 3.52. The number of carbonyl (C=O) groups is 1. The second-order valence-corrected chi connectivity index (χ2v) is 7.91. The molecule has 4 rings (SSSR count). The predicted octanol–water partition coefficient (Wildman–Crippen LogP) is 5.27. The van der Waals surface area contributed by atoms with E-state index in [-0.39, 0.29) is 30.7 Å². The van der Waals surface area contributed by atoms with Gasteiger partial charge in [0.25, 0.3) is 5.91 Å². The Kier molecular flexibility index (Phi) is 5.12. The van der Waals surface area contributed by atoms with Gasteiger partial charge in [-0.15, -0.1) is 11.3 Å². The lowest BCUT2D eigenvalue weighted by Gasteiger charge is -2.23. The number of nitrogens with zero attached hydrogens (tertiary/aromatic N) is 1. The maximum Gasteiger partial charge on any atom is 0.264 e. The summed E-state index contributed by atoms with van der Waals surface area (Å²) in [6, 6.07) is 8.08. The zero-order valence-corrected chi connectivity index (χ0v) is 16.0. The van der Waals surface area contributed by atoms with Gasteiger partial charge in [-0.2, -0.15) is 0 Å². The van der Waals surface area contributed by atoms with Gasteiger partial charge in [0.15, 0.2) is 0 Å². The fourth-order valence-electron chi connectivity index (χ4n) is 3.34. The topological polar surface area (TPSA) is 29.5 Å². The van der Waals surface area contributed by atoms with Crippen LogP contribution >= 0.6 is 11.3 Å². The molecule has 1 aliphatic rings. The van der Waals surface area contributed by atoms with Crippen molar-refractivity contribution in [2.75, 3.05) is 7.11 Å². The van der Waals surface area contributed by atoms with Crippen molar-refractivity contribution in [2.24, 2.45) is 0 Å². The summed E-state index contributed by atoms with van der Waals surface area (Å²) in [5.41, 5.74) is 0.762. The molecule has 0 unspecified atom stereocenters. The van der Waals surface area contributed by atoms with Crippen molar-refractivity contribution in [3.05, 3.63) is 69.9 Å². The van der Waals surface area contributed by atoms with E-state index >= 15 is 0 Å². The van der Waals surface area contributed by atoms with Crippen molar-refractivity contribution in [2.45, 2.75) is 32.0 Å². The third-order valence-electron chi connectivity index (χ3n) is 4.85. The monoisotopic (exact) mass is 405 g/mol. The highest BCUT2D eigenvalue weighted by atomic mass is 32.1. The Balaban J connectivity index is 1.73. The van der Waals surface area contributed by atoms with Crippen LogP contribution in [0.4, 0.5) is 13.2 Å². The number of thiophene rings is 1. The van der Waals surface area contributed by atoms with Gasteiger partial charge in [-0.1, -0.05) is 12.1 Å². The van der Waals surface area contributed by atoms with E-state index in [1.165, 1.54) is 36.6 Å². The molecule has 0 N–H and O–H groups in total. The molecule has 7 heteroatoms. The van der Waals surface area contributed by atoms with Gasteiger partial charge in [0.2, 0.25) is 0 Å². The minimum atomic E-state index is -0.682. The van der Waals surface area contributed by atoms with E-state index in [0.717, 1.165) is 18.9 Å². The zero-order chi connectivity index (χ0) is 19.8. The molecule has 0 radical (unpaired) electrons. The van der Waals surface area contributed by atoms with Gasteiger partial charge in [0.1, 0.15) is 17.5 Å². The molecular weight excluding hydrogens is 387 g/mol. The minimum Gasteiger partial charge on any atom is -0.380 e. The number of fused-ring (bicyclic) bond motifs is 1. The number of benzene rings is 2. The molecule has 3 nitrogen and oxygen atoms in total. The molecule has 28 heavy (non-hydrogen) atoms. The summed E-state index contributed by atoms with van der Waals surface area (Å²) in [6.45, 7) is 0.143.